The Kier molecular flexibility index (Phi) is 6.42. The zero-order valence-corrected chi connectivity index (χ0v) is 14.3. The van der Waals surface area contributed by atoms with Crippen LogP contribution in [0.15, 0.2) is 53.1 Å². The third-order valence-corrected chi connectivity index (χ3v) is 5.86. The Bertz CT molecular complexity index is 690. The predicted molar refractivity (Wildman–Crippen MR) is 89.4 cm³/mol. The standard InChI is InChI=1S/C17H22O6S/c1-13-12-15(23-11-9-19)4-7-17(13)24(20,21)16-5-2-14(3-6-16)22-10-8-18/h2-7,12-13,17-19H,8-11H2,1H3. The van der Waals surface area contributed by atoms with Gasteiger partial charge in [-0.15, -0.1) is 0 Å². The van der Waals surface area contributed by atoms with Gasteiger partial charge in [-0.25, -0.2) is 8.42 Å². The van der Waals surface area contributed by atoms with Crippen LogP contribution in [0, 0.1) is 5.92 Å². The highest BCUT2D eigenvalue weighted by molar-refractivity contribution is 7.92. The van der Waals surface area contributed by atoms with E-state index in [1.54, 1.807) is 30.4 Å². The first-order chi connectivity index (χ1) is 11.5. The van der Waals surface area contributed by atoms with Gasteiger partial charge in [0, 0.05) is 0 Å². The molecule has 0 saturated carbocycles. The first kappa shape index (κ1) is 18.5. The fourth-order valence-electron chi connectivity index (χ4n) is 2.47. The van der Waals surface area contributed by atoms with Crippen molar-refractivity contribution in [3.8, 4) is 5.75 Å². The summed E-state index contributed by atoms with van der Waals surface area (Å²) in [6, 6.07) is 6.16. The van der Waals surface area contributed by atoms with E-state index in [4.69, 9.17) is 19.7 Å². The van der Waals surface area contributed by atoms with Crippen LogP contribution in [0.4, 0.5) is 0 Å². The summed E-state index contributed by atoms with van der Waals surface area (Å²) in [5, 5.41) is 16.8. The monoisotopic (exact) mass is 354 g/mol. The van der Waals surface area contributed by atoms with Gasteiger partial charge in [0.2, 0.25) is 0 Å². The van der Waals surface area contributed by atoms with Gasteiger partial charge in [0.1, 0.15) is 24.7 Å². The van der Waals surface area contributed by atoms with Crippen molar-refractivity contribution in [3.63, 3.8) is 0 Å². The number of rotatable bonds is 8. The molecule has 1 aliphatic carbocycles. The molecule has 132 valence electrons. The molecule has 2 N–H and O–H groups in total. The first-order valence-electron chi connectivity index (χ1n) is 7.70. The molecule has 0 amide bonds. The van der Waals surface area contributed by atoms with Crippen LogP contribution in [0.1, 0.15) is 6.92 Å². The molecule has 2 rings (SSSR count). The lowest BCUT2D eigenvalue weighted by atomic mass is 10.0. The minimum Gasteiger partial charge on any atom is -0.492 e. The normalized spacial score (nSPS) is 20.5. The van der Waals surface area contributed by atoms with E-state index >= 15 is 0 Å². The Balaban J connectivity index is 2.13. The molecule has 0 heterocycles. The van der Waals surface area contributed by atoms with Crippen LogP contribution in [-0.4, -0.2) is 50.3 Å². The Hall–Kier alpha value is -1.83. The first-order valence-corrected chi connectivity index (χ1v) is 9.25. The molecule has 2 unspecified atom stereocenters. The van der Waals surface area contributed by atoms with Crippen molar-refractivity contribution in [1.82, 2.24) is 0 Å². The van der Waals surface area contributed by atoms with Gasteiger partial charge in [0.25, 0.3) is 0 Å². The molecular formula is C17H22O6S. The Morgan fingerprint density at radius 1 is 1.04 bits per heavy atom. The fraction of sp³-hybridized carbons (Fsp3) is 0.412. The molecule has 1 aliphatic rings. The largest absolute Gasteiger partial charge is 0.492 e. The Morgan fingerprint density at radius 2 is 1.67 bits per heavy atom. The molecule has 0 fully saturated rings. The quantitative estimate of drug-likeness (QED) is 0.731. The summed E-state index contributed by atoms with van der Waals surface area (Å²) < 4.78 is 36.2. The molecule has 0 aromatic heterocycles. The molecule has 1 aromatic carbocycles. The van der Waals surface area contributed by atoms with Crippen molar-refractivity contribution in [2.24, 2.45) is 5.92 Å². The van der Waals surface area contributed by atoms with E-state index < -0.39 is 15.1 Å². The second-order valence-electron chi connectivity index (χ2n) is 5.41. The van der Waals surface area contributed by atoms with Crippen LogP contribution < -0.4 is 4.74 Å². The van der Waals surface area contributed by atoms with Crippen LogP contribution in [0.25, 0.3) is 0 Å². The van der Waals surface area contributed by atoms with Crippen LogP contribution >= 0.6 is 0 Å². The Labute approximate surface area is 142 Å². The van der Waals surface area contributed by atoms with E-state index in [0.717, 1.165) is 0 Å². The van der Waals surface area contributed by atoms with E-state index in [2.05, 4.69) is 0 Å². The molecule has 0 aliphatic heterocycles. The molecule has 1 aromatic rings. The van der Waals surface area contributed by atoms with Gasteiger partial charge >= 0.3 is 0 Å². The lowest BCUT2D eigenvalue weighted by Gasteiger charge is -2.23. The SMILES string of the molecule is CC1C=C(OCCO)C=CC1S(=O)(=O)c1ccc(OCCO)cc1. The van der Waals surface area contributed by atoms with Gasteiger partial charge in [-0.1, -0.05) is 13.0 Å². The number of sulfone groups is 1. The van der Waals surface area contributed by atoms with Gasteiger partial charge in [-0.3, -0.25) is 0 Å². The molecule has 0 saturated heterocycles. The minimum absolute atomic E-state index is 0.0913. The molecule has 7 heteroatoms. The van der Waals surface area contributed by atoms with Gasteiger partial charge in [0.05, 0.1) is 23.4 Å². The van der Waals surface area contributed by atoms with E-state index in [1.807, 2.05) is 6.92 Å². The summed E-state index contributed by atoms with van der Waals surface area (Å²) in [6.07, 6.45) is 4.98. The van der Waals surface area contributed by atoms with Crippen LogP contribution in [0.5, 0.6) is 5.75 Å². The Morgan fingerprint density at radius 3 is 2.25 bits per heavy atom. The lowest BCUT2D eigenvalue weighted by molar-refractivity contribution is 0.150. The van der Waals surface area contributed by atoms with Crippen LogP contribution in [0.2, 0.25) is 0 Å². The van der Waals surface area contributed by atoms with Crippen molar-refractivity contribution < 1.29 is 28.1 Å². The predicted octanol–water partition coefficient (Wildman–Crippen LogP) is 1.30. The number of aliphatic hydroxyl groups is 2. The van der Waals surface area contributed by atoms with E-state index in [-0.39, 0.29) is 37.2 Å². The number of hydrogen-bond acceptors (Lipinski definition) is 6. The van der Waals surface area contributed by atoms with Crippen molar-refractivity contribution in [3.05, 3.63) is 48.3 Å². The molecule has 2 atom stereocenters. The van der Waals surface area contributed by atoms with E-state index in [0.29, 0.717) is 11.5 Å². The molecule has 0 radical (unpaired) electrons. The fourth-order valence-corrected chi connectivity index (χ4v) is 4.23. The van der Waals surface area contributed by atoms with Gasteiger partial charge in [-0.2, -0.15) is 0 Å². The highest BCUT2D eigenvalue weighted by Crippen LogP contribution is 2.29. The molecule has 6 nitrogen and oxygen atoms in total. The van der Waals surface area contributed by atoms with Gasteiger partial charge in [0.15, 0.2) is 9.84 Å². The van der Waals surface area contributed by atoms with Gasteiger partial charge in [-0.05, 0) is 42.3 Å². The number of allylic oxidation sites excluding steroid dienone is 2. The summed E-state index contributed by atoms with van der Waals surface area (Å²) in [5.41, 5.74) is 0. The number of aliphatic hydroxyl groups excluding tert-OH is 2. The van der Waals surface area contributed by atoms with Gasteiger partial charge < -0.3 is 19.7 Å². The highest BCUT2D eigenvalue weighted by atomic mass is 32.2. The lowest BCUT2D eigenvalue weighted by Crippen LogP contribution is -2.27. The summed E-state index contributed by atoms with van der Waals surface area (Å²) in [6.45, 7) is 1.96. The maximum atomic E-state index is 12.8. The third-order valence-electron chi connectivity index (χ3n) is 3.63. The van der Waals surface area contributed by atoms with Crippen LogP contribution in [0.3, 0.4) is 0 Å². The smallest absolute Gasteiger partial charge is 0.185 e. The third kappa shape index (κ3) is 4.37. The van der Waals surface area contributed by atoms with Crippen molar-refractivity contribution in [1.29, 1.82) is 0 Å². The molecular weight excluding hydrogens is 332 g/mol. The second-order valence-corrected chi connectivity index (χ2v) is 7.52. The zero-order valence-electron chi connectivity index (χ0n) is 13.5. The molecule has 0 spiro atoms. The summed E-state index contributed by atoms with van der Waals surface area (Å²) in [7, 11) is -3.53. The highest BCUT2D eigenvalue weighted by Gasteiger charge is 2.31. The minimum atomic E-state index is -3.53. The van der Waals surface area contributed by atoms with Crippen LogP contribution in [-0.2, 0) is 14.6 Å². The average molecular weight is 354 g/mol. The second kappa shape index (κ2) is 8.32. The number of benzene rings is 1. The maximum Gasteiger partial charge on any atom is 0.185 e. The molecule has 0 bridgehead atoms. The van der Waals surface area contributed by atoms with Crippen molar-refractivity contribution in [2.75, 3.05) is 26.4 Å². The summed E-state index contributed by atoms with van der Waals surface area (Å²) in [4.78, 5) is 0.216. The van der Waals surface area contributed by atoms with Crippen molar-refractivity contribution >= 4 is 9.84 Å². The maximum absolute atomic E-state index is 12.8. The topological polar surface area (TPSA) is 93.1 Å². The van der Waals surface area contributed by atoms with E-state index in [9.17, 15) is 8.42 Å². The summed E-state index contributed by atoms with van der Waals surface area (Å²) >= 11 is 0. The van der Waals surface area contributed by atoms with E-state index in [1.165, 1.54) is 12.1 Å². The van der Waals surface area contributed by atoms with Crippen molar-refractivity contribution in [2.45, 2.75) is 17.1 Å². The summed E-state index contributed by atoms with van der Waals surface area (Å²) in [5.74, 6) is 0.824. The number of hydrogen-bond donors (Lipinski definition) is 2. The average Bonchev–Trinajstić information content (AvgIpc) is 2.58. The molecule has 24 heavy (non-hydrogen) atoms. The zero-order chi connectivity index (χ0) is 17.6. The number of ether oxygens (including phenoxy) is 2.